The minimum Gasteiger partial charge on any atom is -0.238 e. The van der Waals surface area contributed by atoms with E-state index in [9.17, 15) is 0 Å². The Morgan fingerprint density at radius 3 is 2.54 bits per heavy atom. The van der Waals surface area contributed by atoms with Crippen molar-refractivity contribution in [2.45, 2.75) is 52.4 Å². The van der Waals surface area contributed by atoms with Gasteiger partial charge in [-0.15, -0.1) is 11.3 Å². The Balaban J connectivity index is 2.45. The largest absolute Gasteiger partial charge is 0.238 e. The van der Waals surface area contributed by atoms with E-state index in [4.69, 9.17) is 0 Å². The Morgan fingerprint density at radius 1 is 1.15 bits per heavy atom. The quantitative estimate of drug-likeness (QED) is 0.677. The Bertz CT molecular complexity index is 207. The normalized spacial score (nSPS) is 10.6. The SMILES string of the molecule is CCCCc1n[c]sc1CCCC. The van der Waals surface area contributed by atoms with E-state index in [0.717, 1.165) is 6.42 Å². The molecule has 0 bridgehead atoms. The van der Waals surface area contributed by atoms with Crippen LogP contribution in [-0.4, -0.2) is 4.98 Å². The molecule has 0 saturated carbocycles. The number of unbranched alkanes of at least 4 members (excludes halogenated alkanes) is 2. The molecule has 0 amide bonds. The second-order valence-corrected chi connectivity index (χ2v) is 4.26. The molecule has 0 atom stereocenters. The van der Waals surface area contributed by atoms with Crippen molar-refractivity contribution in [3.63, 3.8) is 0 Å². The first kappa shape index (κ1) is 10.7. The minimum atomic E-state index is 1.15. The molecule has 0 aliphatic heterocycles. The molecule has 1 aromatic heterocycles. The standard InChI is InChI=1S/C11H18NS/c1-3-5-7-10-11(8-6-4-2)13-9-12-10/h3-8H2,1-2H3. The summed E-state index contributed by atoms with van der Waals surface area (Å²) in [4.78, 5) is 5.77. The fourth-order valence-electron chi connectivity index (χ4n) is 1.33. The Labute approximate surface area is 85.2 Å². The number of aryl methyl sites for hydroxylation is 2. The van der Waals surface area contributed by atoms with Crippen LogP contribution < -0.4 is 0 Å². The molecule has 0 aliphatic carbocycles. The van der Waals surface area contributed by atoms with Crippen LogP contribution in [-0.2, 0) is 12.8 Å². The lowest BCUT2D eigenvalue weighted by Crippen LogP contribution is -1.91. The zero-order valence-corrected chi connectivity index (χ0v) is 9.41. The third kappa shape index (κ3) is 3.47. The number of hydrogen-bond donors (Lipinski definition) is 0. The van der Waals surface area contributed by atoms with Crippen LogP contribution in [0.3, 0.4) is 0 Å². The van der Waals surface area contributed by atoms with E-state index in [0.29, 0.717) is 0 Å². The van der Waals surface area contributed by atoms with Gasteiger partial charge in [0, 0.05) is 4.88 Å². The third-order valence-corrected chi connectivity index (χ3v) is 3.06. The summed E-state index contributed by atoms with van der Waals surface area (Å²) < 4.78 is 0. The van der Waals surface area contributed by atoms with Crippen LogP contribution in [0.1, 0.15) is 50.1 Å². The molecule has 1 rings (SSSR count). The summed E-state index contributed by atoms with van der Waals surface area (Å²) in [5.41, 5.74) is 4.31. The highest BCUT2D eigenvalue weighted by atomic mass is 32.1. The van der Waals surface area contributed by atoms with Crippen molar-refractivity contribution in [2.75, 3.05) is 0 Å². The maximum absolute atomic E-state index is 4.30. The number of thiazole rings is 1. The molecule has 1 nitrogen and oxygen atoms in total. The van der Waals surface area contributed by atoms with Crippen molar-refractivity contribution < 1.29 is 0 Å². The summed E-state index contributed by atoms with van der Waals surface area (Å²) in [5, 5.41) is 0. The highest BCUT2D eigenvalue weighted by Crippen LogP contribution is 2.17. The predicted molar refractivity (Wildman–Crippen MR) is 58.2 cm³/mol. The van der Waals surface area contributed by atoms with Crippen molar-refractivity contribution >= 4 is 11.3 Å². The van der Waals surface area contributed by atoms with E-state index in [1.165, 1.54) is 42.7 Å². The van der Waals surface area contributed by atoms with Gasteiger partial charge in [0.25, 0.3) is 0 Å². The van der Waals surface area contributed by atoms with Gasteiger partial charge in [-0.25, -0.2) is 4.98 Å². The van der Waals surface area contributed by atoms with Gasteiger partial charge >= 0.3 is 0 Å². The first-order valence-electron chi connectivity index (χ1n) is 5.23. The van der Waals surface area contributed by atoms with Crippen molar-refractivity contribution in [1.82, 2.24) is 4.98 Å². The number of rotatable bonds is 6. The fourth-order valence-corrected chi connectivity index (χ4v) is 2.10. The summed E-state index contributed by atoms with van der Waals surface area (Å²) in [5.74, 6) is 0. The molecule has 0 saturated heterocycles. The summed E-state index contributed by atoms with van der Waals surface area (Å²) in [6.07, 6.45) is 7.42. The average Bonchev–Trinajstić information content (AvgIpc) is 2.59. The molecular weight excluding hydrogens is 178 g/mol. The van der Waals surface area contributed by atoms with Crippen LogP contribution in [0.15, 0.2) is 0 Å². The van der Waals surface area contributed by atoms with Crippen molar-refractivity contribution in [3.05, 3.63) is 16.1 Å². The van der Waals surface area contributed by atoms with Gasteiger partial charge in [0.2, 0.25) is 0 Å². The van der Waals surface area contributed by atoms with E-state index in [-0.39, 0.29) is 0 Å². The fraction of sp³-hybridized carbons (Fsp3) is 0.727. The molecule has 1 aromatic rings. The lowest BCUT2D eigenvalue weighted by molar-refractivity contribution is 0.753. The molecule has 2 heteroatoms. The monoisotopic (exact) mass is 196 g/mol. The number of aromatic nitrogens is 1. The van der Waals surface area contributed by atoms with Crippen LogP contribution in [0.5, 0.6) is 0 Å². The second kappa shape index (κ2) is 6.14. The summed E-state index contributed by atoms with van der Waals surface area (Å²) in [6, 6.07) is 0. The second-order valence-electron chi connectivity index (χ2n) is 3.38. The Morgan fingerprint density at radius 2 is 1.85 bits per heavy atom. The molecule has 13 heavy (non-hydrogen) atoms. The number of nitrogens with zero attached hydrogens (tertiary/aromatic N) is 1. The molecule has 0 spiro atoms. The van der Waals surface area contributed by atoms with Gasteiger partial charge in [-0.1, -0.05) is 26.7 Å². The highest BCUT2D eigenvalue weighted by molar-refractivity contribution is 7.09. The smallest absolute Gasteiger partial charge is 0.152 e. The van der Waals surface area contributed by atoms with Gasteiger partial charge in [-0.05, 0) is 25.7 Å². The molecule has 0 aromatic carbocycles. The van der Waals surface area contributed by atoms with Crippen molar-refractivity contribution in [3.8, 4) is 0 Å². The predicted octanol–water partition coefficient (Wildman–Crippen LogP) is 3.63. The first-order valence-corrected chi connectivity index (χ1v) is 6.04. The average molecular weight is 196 g/mol. The molecule has 0 fully saturated rings. The highest BCUT2D eigenvalue weighted by Gasteiger charge is 2.04. The van der Waals surface area contributed by atoms with E-state index >= 15 is 0 Å². The number of hydrogen-bond acceptors (Lipinski definition) is 2. The van der Waals surface area contributed by atoms with Gasteiger partial charge in [-0.2, -0.15) is 0 Å². The van der Waals surface area contributed by atoms with E-state index < -0.39 is 0 Å². The van der Waals surface area contributed by atoms with Crippen molar-refractivity contribution in [1.29, 1.82) is 0 Å². The third-order valence-electron chi connectivity index (χ3n) is 2.20. The van der Waals surface area contributed by atoms with Crippen LogP contribution in [0, 0.1) is 5.51 Å². The zero-order valence-electron chi connectivity index (χ0n) is 8.60. The summed E-state index contributed by atoms with van der Waals surface area (Å²) in [6.45, 7) is 4.46. The van der Waals surface area contributed by atoms with Gasteiger partial charge in [-0.3, -0.25) is 0 Å². The Kier molecular flexibility index (Phi) is 5.06. The first-order chi connectivity index (χ1) is 6.38. The van der Waals surface area contributed by atoms with E-state index in [2.05, 4.69) is 24.3 Å². The van der Waals surface area contributed by atoms with Crippen molar-refractivity contribution in [2.24, 2.45) is 0 Å². The van der Waals surface area contributed by atoms with Crippen LogP contribution in [0.2, 0.25) is 0 Å². The lowest BCUT2D eigenvalue weighted by Gasteiger charge is -1.99. The molecule has 73 valence electrons. The maximum Gasteiger partial charge on any atom is 0.152 e. The lowest BCUT2D eigenvalue weighted by atomic mass is 10.1. The molecule has 0 unspecified atom stereocenters. The van der Waals surface area contributed by atoms with Crippen LogP contribution in [0.4, 0.5) is 0 Å². The molecule has 0 aliphatic rings. The zero-order chi connectivity index (χ0) is 9.52. The van der Waals surface area contributed by atoms with Gasteiger partial charge < -0.3 is 0 Å². The maximum atomic E-state index is 4.30. The minimum absolute atomic E-state index is 1.15. The topological polar surface area (TPSA) is 12.9 Å². The van der Waals surface area contributed by atoms with Gasteiger partial charge in [0.05, 0.1) is 5.69 Å². The Hall–Kier alpha value is -0.370. The van der Waals surface area contributed by atoms with Gasteiger partial charge in [0.15, 0.2) is 5.51 Å². The van der Waals surface area contributed by atoms with E-state index in [1.807, 2.05) is 0 Å². The summed E-state index contributed by atoms with van der Waals surface area (Å²) >= 11 is 1.70. The van der Waals surface area contributed by atoms with Crippen LogP contribution >= 0.6 is 11.3 Å². The molecule has 1 radical (unpaired) electrons. The van der Waals surface area contributed by atoms with E-state index in [1.54, 1.807) is 11.3 Å². The summed E-state index contributed by atoms with van der Waals surface area (Å²) in [7, 11) is 0. The molecular formula is C11H18NS. The van der Waals surface area contributed by atoms with Gasteiger partial charge in [0.1, 0.15) is 0 Å². The molecule has 1 heterocycles. The van der Waals surface area contributed by atoms with Crippen LogP contribution in [0.25, 0.3) is 0 Å². The molecule has 0 N–H and O–H groups in total.